The minimum atomic E-state index is -4.75. The number of methoxy groups -OCH3 is 2. The second kappa shape index (κ2) is 16.0. The molecule has 2 bridgehead atoms. The number of carbonyl (C=O) groups excluding carboxylic acids is 1. The van der Waals surface area contributed by atoms with Crippen molar-refractivity contribution in [3.05, 3.63) is 87.3 Å². The van der Waals surface area contributed by atoms with Crippen LogP contribution in [-0.2, 0) is 41.7 Å². The molecule has 2 N–H and O–H groups in total. The number of hydrogen-bond acceptors (Lipinski definition) is 9. The first kappa shape index (κ1) is 39.2. The van der Waals surface area contributed by atoms with E-state index in [0.717, 1.165) is 46.3 Å². The number of aromatic nitrogens is 3. The minimum Gasteiger partial charge on any atom is -0.481 e. The number of alkyl halides is 3. The molecule has 300 valence electrons. The number of carboxylic acid groups (broad SMARTS) is 1. The molecule has 14 heteroatoms. The van der Waals surface area contributed by atoms with Crippen LogP contribution in [0.2, 0.25) is 5.02 Å². The highest BCUT2D eigenvalue weighted by Crippen LogP contribution is 2.46. The molecule has 1 aliphatic heterocycles. The lowest BCUT2D eigenvalue weighted by molar-refractivity contribution is -0.144. The van der Waals surface area contributed by atoms with Crippen LogP contribution in [0.15, 0.2) is 48.5 Å². The largest absolute Gasteiger partial charge is 0.481 e. The van der Waals surface area contributed by atoms with Gasteiger partial charge in [0, 0.05) is 55.2 Å². The van der Waals surface area contributed by atoms with Gasteiger partial charge >= 0.3 is 12.1 Å². The average Bonchev–Trinajstić information content (AvgIpc) is 4.00. The lowest BCUT2D eigenvalue weighted by Gasteiger charge is -2.31. The van der Waals surface area contributed by atoms with Crippen molar-refractivity contribution in [3.63, 3.8) is 0 Å². The number of carbonyl (C=O) groups is 2. The van der Waals surface area contributed by atoms with Crippen molar-refractivity contribution in [3.8, 4) is 34.1 Å². The maximum atomic E-state index is 14.7. The lowest BCUT2D eigenvalue weighted by Crippen LogP contribution is -2.41. The molecule has 3 heterocycles. The van der Waals surface area contributed by atoms with E-state index in [0.29, 0.717) is 79.9 Å². The summed E-state index contributed by atoms with van der Waals surface area (Å²) in [4.78, 5) is 38.8. The van der Waals surface area contributed by atoms with Crippen LogP contribution in [0.3, 0.4) is 0 Å². The molecule has 1 saturated heterocycles. The Morgan fingerprint density at radius 1 is 0.947 bits per heavy atom. The number of halogens is 4. The smallest absolute Gasteiger partial charge is 0.435 e. The molecule has 2 saturated carbocycles. The average molecular weight is 804 g/mol. The van der Waals surface area contributed by atoms with Gasteiger partial charge in [0.1, 0.15) is 11.5 Å². The van der Waals surface area contributed by atoms with Crippen LogP contribution < -0.4 is 14.8 Å². The normalized spacial score (nSPS) is 23.0. The maximum absolute atomic E-state index is 14.7. The van der Waals surface area contributed by atoms with Gasteiger partial charge in [0.15, 0.2) is 5.69 Å². The summed E-state index contributed by atoms with van der Waals surface area (Å²) in [6, 6.07) is 15.3. The van der Waals surface area contributed by atoms with Crippen molar-refractivity contribution in [1.29, 1.82) is 0 Å². The number of fused-ring (bicyclic) bond motifs is 3. The molecule has 57 heavy (non-hydrogen) atoms. The van der Waals surface area contributed by atoms with Gasteiger partial charge in [0.2, 0.25) is 11.8 Å². The Morgan fingerprint density at radius 2 is 1.72 bits per heavy atom. The third-order valence-electron chi connectivity index (χ3n) is 12.4. The van der Waals surface area contributed by atoms with Crippen molar-refractivity contribution in [2.45, 2.75) is 82.6 Å². The van der Waals surface area contributed by atoms with E-state index in [1.807, 2.05) is 53.4 Å². The van der Waals surface area contributed by atoms with E-state index in [1.54, 1.807) is 7.11 Å². The fourth-order valence-corrected chi connectivity index (χ4v) is 10.0. The van der Waals surface area contributed by atoms with Gasteiger partial charge in [0.25, 0.3) is 0 Å². The number of Topliss-reactive ketones (excluding diaryl/α,β-unsaturated/α-hetero) is 1. The third kappa shape index (κ3) is 7.85. The highest BCUT2D eigenvalue weighted by atomic mass is 35.5. The zero-order chi connectivity index (χ0) is 40.0. The number of likely N-dealkylation sites (tertiary alicyclic amines) is 1. The second-order valence-electron chi connectivity index (χ2n) is 15.9. The van der Waals surface area contributed by atoms with Gasteiger partial charge in [-0.3, -0.25) is 14.5 Å². The molecular weight excluding hydrogens is 759 g/mol. The van der Waals surface area contributed by atoms with E-state index >= 15 is 0 Å². The van der Waals surface area contributed by atoms with Gasteiger partial charge < -0.3 is 19.9 Å². The first-order chi connectivity index (χ1) is 27.4. The highest BCUT2D eigenvalue weighted by molar-refractivity contribution is 6.36. The van der Waals surface area contributed by atoms with E-state index < -0.39 is 23.8 Å². The zero-order valence-corrected chi connectivity index (χ0v) is 32.6. The van der Waals surface area contributed by atoms with Crippen LogP contribution in [0.5, 0.6) is 11.8 Å². The molecule has 10 nitrogen and oxygen atoms in total. The molecular formula is C43H45ClF3N5O5. The molecule has 8 rings (SSSR count). The Kier molecular flexibility index (Phi) is 11.0. The summed E-state index contributed by atoms with van der Waals surface area (Å²) in [5, 5.41) is 13.6. The van der Waals surface area contributed by atoms with Gasteiger partial charge in [-0.05, 0) is 85.6 Å². The number of pyridine rings is 1. The van der Waals surface area contributed by atoms with E-state index in [2.05, 4.69) is 15.3 Å². The monoisotopic (exact) mass is 803 g/mol. The number of piperidine rings is 1. The SMILES string of the molecule is COc1nc(-c2cccc(-c3cccc4c3CC[C@@H]4Cc3nc(OC)c(CN4CC5CC(C(=O)O)C4C5)nc3C(F)(F)F)c2Cl)ccc1CNC[C@@H]1CCC(=O)C1. The zero-order valence-electron chi connectivity index (χ0n) is 31.9. The van der Waals surface area contributed by atoms with Crippen molar-refractivity contribution in [2.24, 2.45) is 17.8 Å². The Morgan fingerprint density at radius 3 is 2.44 bits per heavy atom. The standard InChI is InChI=1S/C43H45ClF3N5O5/c1-56-40-26(20-48-19-23-9-12-27(53)15-23)11-14-34(50-40)32-8-4-7-31(38(32)44)29-6-3-5-28-25(10-13-30(28)29)18-35-39(43(45,46)47)49-36(41(51-35)57-2)22-52-21-24-16-33(42(54)55)37(52)17-24/h3-8,11,14,23-25,33,37,48H,9-10,12-13,15-22H2,1-2H3,(H,54,55)/t23-,24?,25-,33?,37?/m1/s1. The van der Waals surface area contributed by atoms with Gasteiger partial charge in [-0.25, -0.2) is 15.0 Å². The van der Waals surface area contributed by atoms with Crippen LogP contribution in [0.25, 0.3) is 22.4 Å². The Balaban J connectivity index is 1.03. The van der Waals surface area contributed by atoms with Crippen LogP contribution >= 0.6 is 11.6 Å². The Hall–Kier alpha value is -4.59. The molecule has 0 spiro atoms. The number of ketones is 1. The van der Waals surface area contributed by atoms with Gasteiger partial charge in [-0.15, -0.1) is 0 Å². The van der Waals surface area contributed by atoms with E-state index in [9.17, 15) is 27.9 Å². The van der Waals surface area contributed by atoms with E-state index in [-0.39, 0.29) is 48.1 Å². The van der Waals surface area contributed by atoms with Crippen molar-refractivity contribution >= 4 is 23.4 Å². The van der Waals surface area contributed by atoms with Crippen molar-refractivity contribution in [2.75, 3.05) is 27.3 Å². The summed E-state index contributed by atoms with van der Waals surface area (Å²) >= 11 is 7.16. The molecule has 2 aromatic carbocycles. The van der Waals surface area contributed by atoms with Crippen LogP contribution in [0.1, 0.15) is 78.2 Å². The van der Waals surface area contributed by atoms with Crippen LogP contribution in [0.4, 0.5) is 13.2 Å². The summed E-state index contributed by atoms with van der Waals surface area (Å²) in [7, 11) is 2.95. The number of rotatable bonds is 13. The fourth-order valence-electron chi connectivity index (χ4n) is 9.68. The van der Waals surface area contributed by atoms with Crippen LogP contribution in [0, 0.1) is 17.8 Å². The Labute approximate surface area is 334 Å². The molecule has 3 unspecified atom stereocenters. The molecule has 5 atom stereocenters. The predicted molar refractivity (Wildman–Crippen MR) is 207 cm³/mol. The summed E-state index contributed by atoms with van der Waals surface area (Å²) in [5.74, 6) is -0.299. The number of carboxylic acids is 1. The third-order valence-corrected chi connectivity index (χ3v) is 12.8. The minimum absolute atomic E-state index is 0.0158. The number of ether oxygens (including phenoxy) is 2. The van der Waals surface area contributed by atoms with Crippen molar-refractivity contribution < 1.29 is 37.3 Å². The number of hydrogen-bond donors (Lipinski definition) is 2. The quantitative estimate of drug-likeness (QED) is 0.138. The number of nitrogens with one attached hydrogen (secondary N) is 1. The van der Waals surface area contributed by atoms with E-state index in [1.165, 1.54) is 7.11 Å². The molecule has 4 aliphatic rings. The summed E-state index contributed by atoms with van der Waals surface area (Å²) < 4.78 is 55.3. The highest BCUT2D eigenvalue weighted by Gasteiger charge is 2.48. The topological polar surface area (TPSA) is 127 Å². The number of aliphatic carboxylic acids is 1. The molecule has 0 amide bonds. The summed E-state index contributed by atoms with van der Waals surface area (Å²) in [6.07, 6.45) is 0.00362. The van der Waals surface area contributed by atoms with Gasteiger partial charge in [-0.1, -0.05) is 54.1 Å². The Bertz CT molecular complexity index is 2200. The summed E-state index contributed by atoms with van der Waals surface area (Å²) in [6.45, 7) is 1.94. The van der Waals surface area contributed by atoms with Gasteiger partial charge in [-0.2, -0.15) is 13.2 Å². The molecule has 0 radical (unpaired) electrons. The number of nitrogens with zero attached hydrogens (tertiary/aromatic N) is 4. The van der Waals surface area contributed by atoms with Gasteiger partial charge in [0.05, 0.1) is 36.5 Å². The fraction of sp³-hybridized carbons (Fsp3) is 0.465. The van der Waals surface area contributed by atoms with Crippen molar-refractivity contribution in [1.82, 2.24) is 25.2 Å². The molecule has 3 aliphatic carbocycles. The first-order valence-corrected chi connectivity index (χ1v) is 19.9. The van der Waals surface area contributed by atoms with Crippen LogP contribution in [-0.4, -0.2) is 70.1 Å². The molecule has 3 fully saturated rings. The first-order valence-electron chi connectivity index (χ1n) is 19.6. The molecule has 4 aromatic rings. The predicted octanol–water partition coefficient (Wildman–Crippen LogP) is 7.92. The number of benzene rings is 2. The second-order valence-corrected chi connectivity index (χ2v) is 16.3. The maximum Gasteiger partial charge on any atom is 0.435 e. The summed E-state index contributed by atoms with van der Waals surface area (Å²) in [5.41, 5.74) is 4.79. The lowest BCUT2D eigenvalue weighted by atomic mass is 9.91. The van der Waals surface area contributed by atoms with E-state index in [4.69, 9.17) is 26.1 Å². The molecule has 2 aromatic heterocycles.